The van der Waals surface area contributed by atoms with Crippen molar-refractivity contribution in [3.8, 4) is 6.07 Å². The number of carbonyl (C=O) groups is 1. The van der Waals surface area contributed by atoms with Gasteiger partial charge in [0.1, 0.15) is 17.4 Å². The minimum Gasteiger partial charge on any atom is -0.480 e. The molecule has 5 heteroatoms. The highest BCUT2D eigenvalue weighted by Gasteiger charge is 2.33. The Morgan fingerprint density at radius 1 is 1.53 bits per heavy atom. The van der Waals surface area contributed by atoms with Gasteiger partial charge in [-0.25, -0.2) is 9.18 Å². The minimum absolute atomic E-state index is 0.113. The molecule has 90 valence electrons. The molecule has 0 saturated carbocycles. The second-order valence-corrected chi connectivity index (χ2v) is 4.20. The molecule has 0 amide bonds. The smallest absolute Gasteiger partial charge is 0.328 e. The summed E-state index contributed by atoms with van der Waals surface area (Å²) < 4.78 is 13.0. The SMILES string of the molecule is CN(c1ccc(F)cc1C#N)C(C)(C)C(=O)O. The lowest BCUT2D eigenvalue weighted by Gasteiger charge is -2.34. The Morgan fingerprint density at radius 2 is 2.12 bits per heavy atom. The minimum atomic E-state index is -1.18. The number of hydrogen-bond acceptors (Lipinski definition) is 3. The second-order valence-electron chi connectivity index (χ2n) is 4.20. The van der Waals surface area contributed by atoms with Gasteiger partial charge in [0, 0.05) is 7.05 Å². The van der Waals surface area contributed by atoms with Crippen LogP contribution in [0.5, 0.6) is 0 Å². The zero-order valence-electron chi connectivity index (χ0n) is 9.86. The normalized spacial score (nSPS) is 10.8. The molecule has 0 spiro atoms. The molecule has 17 heavy (non-hydrogen) atoms. The lowest BCUT2D eigenvalue weighted by molar-refractivity contribution is -0.142. The lowest BCUT2D eigenvalue weighted by atomic mass is 10.0. The predicted octanol–water partition coefficient (Wildman–Crippen LogP) is 2.00. The number of likely N-dealkylation sites (N-methyl/N-ethyl adjacent to an activating group) is 1. The number of halogens is 1. The Kier molecular flexibility index (Phi) is 3.37. The topological polar surface area (TPSA) is 64.3 Å². The molecule has 0 saturated heterocycles. The van der Waals surface area contributed by atoms with Crippen molar-refractivity contribution in [3.63, 3.8) is 0 Å². The van der Waals surface area contributed by atoms with Gasteiger partial charge < -0.3 is 10.0 Å². The van der Waals surface area contributed by atoms with Crippen LogP contribution in [0.15, 0.2) is 18.2 Å². The van der Waals surface area contributed by atoms with Crippen LogP contribution >= 0.6 is 0 Å². The molecular formula is C12H13FN2O2. The van der Waals surface area contributed by atoms with Crippen LogP contribution in [0, 0.1) is 17.1 Å². The lowest BCUT2D eigenvalue weighted by Crippen LogP contribution is -2.48. The van der Waals surface area contributed by atoms with Crippen molar-refractivity contribution in [3.05, 3.63) is 29.6 Å². The fourth-order valence-electron chi connectivity index (χ4n) is 1.33. The van der Waals surface area contributed by atoms with E-state index in [4.69, 9.17) is 10.4 Å². The highest BCUT2D eigenvalue weighted by molar-refractivity contribution is 5.83. The largest absolute Gasteiger partial charge is 0.480 e. The predicted molar refractivity (Wildman–Crippen MR) is 61.2 cm³/mol. The molecule has 0 aliphatic rings. The van der Waals surface area contributed by atoms with E-state index in [0.717, 1.165) is 6.07 Å². The van der Waals surface area contributed by atoms with Crippen LogP contribution < -0.4 is 4.90 Å². The van der Waals surface area contributed by atoms with E-state index in [-0.39, 0.29) is 5.56 Å². The maximum absolute atomic E-state index is 13.0. The van der Waals surface area contributed by atoms with Gasteiger partial charge in [-0.15, -0.1) is 0 Å². The number of rotatable bonds is 3. The first-order valence-electron chi connectivity index (χ1n) is 4.97. The van der Waals surface area contributed by atoms with Gasteiger partial charge in [0.15, 0.2) is 0 Å². The van der Waals surface area contributed by atoms with Crippen LogP contribution in [0.1, 0.15) is 19.4 Å². The Labute approximate surface area is 98.9 Å². The first-order valence-corrected chi connectivity index (χ1v) is 4.97. The van der Waals surface area contributed by atoms with Gasteiger partial charge in [0.05, 0.1) is 11.3 Å². The number of hydrogen-bond donors (Lipinski definition) is 1. The molecule has 0 aliphatic heterocycles. The average molecular weight is 236 g/mol. The van der Waals surface area contributed by atoms with Crippen LogP contribution in [0.25, 0.3) is 0 Å². The summed E-state index contributed by atoms with van der Waals surface area (Å²) in [6.45, 7) is 3.03. The van der Waals surface area contributed by atoms with Gasteiger partial charge in [-0.05, 0) is 32.0 Å². The van der Waals surface area contributed by atoms with Crippen molar-refractivity contribution in [1.29, 1.82) is 5.26 Å². The van der Waals surface area contributed by atoms with E-state index in [1.54, 1.807) is 7.05 Å². The maximum atomic E-state index is 13.0. The third kappa shape index (κ3) is 2.36. The third-order valence-electron chi connectivity index (χ3n) is 2.80. The monoisotopic (exact) mass is 236 g/mol. The van der Waals surface area contributed by atoms with E-state index >= 15 is 0 Å². The van der Waals surface area contributed by atoms with Crippen molar-refractivity contribution in [2.45, 2.75) is 19.4 Å². The average Bonchev–Trinajstić information content (AvgIpc) is 2.27. The van der Waals surface area contributed by atoms with E-state index in [1.807, 2.05) is 6.07 Å². The van der Waals surface area contributed by atoms with E-state index in [9.17, 15) is 9.18 Å². The van der Waals surface area contributed by atoms with Crippen molar-refractivity contribution >= 4 is 11.7 Å². The molecule has 0 unspecified atom stereocenters. The van der Waals surface area contributed by atoms with Gasteiger partial charge in [0.2, 0.25) is 0 Å². The van der Waals surface area contributed by atoms with Crippen LogP contribution in [0.3, 0.4) is 0 Å². The molecule has 0 atom stereocenters. The van der Waals surface area contributed by atoms with Gasteiger partial charge in [-0.3, -0.25) is 0 Å². The van der Waals surface area contributed by atoms with Crippen LogP contribution in [-0.4, -0.2) is 23.7 Å². The Morgan fingerprint density at radius 3 is 2.59 bits per heavy atom. The maximum Gasteiger partial charge on any atom is 0.328 e. The van der Waals surface area contributed by atoms with Crippen molar-refractivity contribution in [1.82, 2.24) is 0 Å². The summed E-state index contributed by atoms with van der Waals surface area (Å²) in [4.78, 5) is 12.5. The Balaban J connectivity index is 3.27. The molecule has 0 fully saturated rings. The number of nitriles is 1. The molecule has 0 radical (unpaired) electrons. The van der Waals surface area contributed by atoms with E-state index in [0.29, 0.717) is 5.69 Å². The molecule has 0 aliphatic carbocycles. The molecule has 0 bridgehead atoms. The molecule has 1 aromatic carbocycles. The summed E-state index contributed by atoms with van der Waals surface area (Å²) in [6.07, 6.45) is 0. The van der Waals surface area contributed by atoms with Crippen molar-refractivity contribution < 1.29 is 14.3 Å². The van der Waals surface area contributed by atoms with E-state index in [1.165, 1.54) is 30.9 Å². The molecule has 0 heterocycles. The third-order valence-corrected chi connectivity index (χ3v) is 2.80. The second kappa shape index (κ2) is 4.42. The summed E-state index contributed by atoms with van der Waals surface area (Å²) in [6, 6.07) is 5.54. The van der Waals surface area contributed by atoms with Gasteiger partial charge in [-0.2, -0.15) is 5.26 Å². The van der Waals surface area contributed by atoms with E-state index in [2.05, 4.69) is 0 Å². The van der Waals surface area contributed by atoms with Gasteiger partial charge in [-0.1, -0.05) is 0 Å². The molecule has 1 rings (SSSR count). The Bertz CT molecular complexity index is 492. The number of aliphatic carboxylic acids is 1. The summed E-state index contributed by atoms with van der Waals surface area (Å²) in [5.41, 5.74) is -0.674. The molecule has 0 aromatic heterocycles. The molecular weight excluding hydrogens is 223 g/mol. The number of benzene rings is 1. The number of carboxylic acids is 1. The highest BCUT2D eigenvalue weighted by atomic mass is 19.1. The highest BCUT2D eigenvalue weighted by Crippen LogP contribution is 2.26. The number of nitrogens with zero attached hydrogens (tertiary/aromatic N) is 2. The van der Waals surface area contributed by atoms with Crippen LogP contribution in [0.4, 0.5) is 10.1 Å². The van der Waals surface area contributed by atoms with Gasteiger partial charge >= 0.3 is 5.97 Å². The van der Waals surface area contributed by atoms with Crippen molar-refractivity contribution in [2.75, 3.05) is 11.9 Å². The molecule has 4 nitrogen and oxygen atoms in total. The summed E-state index contributed by atoms with van der Waals surface area (Å²) in [7, 11) is 1.56. The fourth-order valence-corrected chi connectivity index (χ4v) is 1.33. The van der Waals surface area contributed by atoms with E-state index < -0.39 is 17.3 Å². The van der Waals surface area contributed by atoms with Crippen LogP contribution in [-0.2, 0) is 4.79 Å². The fraction of sp³-hybridized carbons (Fsp3) is 0.333. The van der Waals surface area contributed by atoms with Gasteiger partial charge in [0.25, 0.3) is 0 Å². The quantitative estimate of drug-likeness (QED) is 0.871. The van der Waals surface area contributed by atoms with Crippen molar-refractivity contribution in [2.24, 2.45) is 0 Å². The van der Waals surface area contributed by atoms with Crippen LogP contribution in [0.2, 0.25) is 0 Å². The summed E-state index contributed by atoms with van der Waals surface area (Å²) >= 11 is 0. The number of carboxylic acid groups (broad SMARTS) is 1. The zero-order valence-corrected chi connectivity index (χ0v) is 9.86. The summed E-state index contributed by atoms with van der Waals surface area (Å²) in [5.74, 6) is -1.54. The summed E-state index contributed by atoms with van der Waals surface area (Å²) in [5, 5.41) is 18.0. The Hall–Kier alpha value is -2.09. The molecule has 1 N–H and O–H groups in total. The molecule has 1 aromatic rings. The first-order chi connectivity index (χ1) is 7.80. The standard InChI is InChI=1S/C12H13FN2O2/c1-12(2,11(16)17)15(3)10-5-4-9(13)6-8(10)7-14/h4-6H,1-3H3,(H,16,17). The number of anilines is 1. The zero-order chi connectivity index (χ0) is 13.2. The first kappa shape index (κ1) is 13.0.